The van der Waals surface area contributed by atoms with Gasteiger partial charge in [0.2, 0.25) is 0 Å². The molecule has 0 unspecified atom stereocenters. The maximum Gasteiger partial charge on any atom is 0.340 e. The number of aryl methyl sites for hydroxylation is 1. The summed E-state index contributed by atoms with van der Waals surface area (Å²) in [4.78, 5) is 36.9. The van der Waals surface area contributed by atoms with Gasteiger partial charge in [0.05, 0.1) is 5.56 Å². The Hall–Kier alpha value is -2.61. The van der Waals surface area contributed by atoms with E-state index in [1.807, 2.05) is 31.4 Å². The highest BCUT2D eigenvalue weighted by atomic mass is 32.1. The molecule has 0 radical (unpaired) electrons. The summed E-state index contributed by atoms with van der Waals surface area (Å²) in [7, 11) is 0. The number of ether oxygens (including phenoxy) is 1. The lowest BCUT2D eigenvalue weighted by Crippen LogP contribution is -2.42. The van der Waals surface area contributed by atoms with Crippen molar-refractivity contribution in [2.75, 3.05) is 13.2 Å². The van der Waals surface area contributed by atoms with Crippen LogP contribution in [0.1, 0.15) is 45.5 Å². The van der Waals surface area contributed by atoms with Crippen LogP contribution in [0.2, 0.25) is 0 Å². The van der Waals surface area contributed by atoms with Crippen molar-refractivity contribution >= 4 is 29.2 Å². The van der Waals surface area contributed by atoms with Crippen LogP contribution in [-0.2, 0) is 16.0 Å². The first-order valence-corrected chi connectivity index (χ1v) is 9.79. The zero-order chi connectivity index (χ0) is 19.4. The number of aromatic nitrogens is 1. The van der Waals surface area contributed by atoms with E-state index < -0.39 is 24.5 Å². The van der Waals surface area contributed by atoms with Crippen LogP contribution in [0.3, 0.4) is 0 Å². The number of amides is 3. The molecule has 2 aromatic heterocycles. The second-order valence-corrected chi connectivity index (χ2v) is 7.63. The van der Waals surface area contributed by atoms with E-state index >= 15 is 0 Å². The van der Waals surface area contributed by atoms with Crippen LogP contribution < -0.4 is 10.6 Å². The van der Waals surface area contributed by atoms with Gasteiger partial charge in [-0.15, -0.1) is 11.3 Å². The third-order valence-corrected chi connectivity index (χ3v) is 5.38. The van der Waals surface area contributed by atoms with Gasteiger partial charge in [0, 0.05) is 28.9 Å². The van der Waals surface area contributed by atoms with E-state index in [0.29, 0.717) is 24.6 Å². The van der Waals surface area contributed by atoms with Crippen molar-refractivity contribution in [3.8, 4) is 0 Å². The number of rotatable bonds is 7. The number of thiophene rings is 1. The van der Waals surface area contributed by atoms with Gasteiger partial charge < -0.3 is 14.6 Å². The normalized spacial score (nSPS) is 13.3. The lowest BCUT2D eigenvalue weighted by molar-refractivity contribution is -0.123. The van der Waals surface area contributed by atoms with Crippen molar-refractivity contribution in [2.45, 2.75) is 39.2 Å². The highest BCUT2D eigenvalue weighted by Crippen LogP contribution is 2.38. The summed E-state index contributed by atoms with van der Waals surface area (Å²) in [6, 6.07) is 5.58. The van der Waals surface area contributed by atoms with Crippen LogP contribution in [0.25, 0.3) is 0 Å². The summed E-state index contributed by atoms with van der Waals surface area (Å²) in [6.45, 7) is 3.76. The molecule has 27 heavy (non-hydrogen) atoms. The molecule has 2 aromatic rings. The number of hydrogen-bond acceptors (Lipinski definition) is 5. The van der Waals surface area contributed by atoms with Gasteiger partial charge in [-0.3, -0.25) is 10.1 Å². The molecule has 3 rings (SSSR count). The second kappa shape index (κ2) is 8.39. The first kappa shape index (κ1) is 19.2. The van der Waals surface area contributed by atoms with Crippen molar-refractivity contribution in [3.05, 3.63) is 45.4 Å². The summed E-state index contributed by atoms with van der Waals surface area (Å²) < 4.78 is 7.20. The number of urea groups is 1. The highest BCUT2D eigenvalue weighted by molar-refractivity contribution is 7.09. The van der Waals surface area contributed by atoms with Crippen molar-refractivity contribution in [3.63, 3.8) is 0 Å². The van der Waals surface area contributed by atoms with E-state index in [9.17, 15) is 14.4 Å². The maximum absolute atomic E-state index is 12.3. The number of hydrogen-bond donors (Lipinski definition) is 2. The lowest BCUT2D eigenvalue weighted by atomic mass is 10.2. The van der Waals surface area contributed by atoms with E-state index in [1.54, 1.807) is 17.4 Å². The molecule has 1 aliphatic rings. The summed E-state index contributed by atoms with van der Waals surface area (Å²) in [5.74, 6) is -1.21. The monoisotopic (exact) mass is 389 g/mol. The lowest BCUT2D eigenvalue weighted by Gasteiger charge is -2.08. The molecule has 7 nitrogen and oxygen atoms in total. The molecule has 0 bridgehead atoms. The van der Waals surface area contributed by atoms with Crippen molar-refractivity contribution in [2.24, 2.45) is 0 Å². The van der Waals surface area contributed by atoms with Crippen molar-refractivity contribution < 1.29 is 19.1 Å². The quantitative estimate of drug-likeness (QED) is 0.713. The van der Waals surface area contributed by atoms with Crippen LogP contribution in [0.5, 0.6) is 0 Å². The molecule has 0 aliphatic heterocycles. The Kier molecular flexibility index (Phi) is 5.95. The van der Waals surface area contributed by atoms with E-state index in [0.717, 1.165) is 29.1 Å². The minimum Gasteiger partial charge on any atom is -0.452 e. The van der Waals surface area contributed by atoms with Crippen LogP contribution >= 0.6 is 11.3 Å². The number of esters is 1. The summed E-state index contributed by atoms with van der Waals surface area (Å²) in [5, 5.41) is 6.73. The van der Waals surface area contributed by atoms with Gasteiger partial charge in [0.1, 0.15) is 0 Å². The first-order chi connectivity index (χ1) is 13.0. The van der Waals surface area contributed by atoms with Gasteiger partial charge in [0.15, 0.2) is 6.61 Å². The summed E-state index contributed by atoms with van der Waals surface area (Å²) in [5.41, 5.74) is 2.33. The predicted octanol–water partition coefficient (Wildman–Crippen LogP) is 2.73. The zero-order valence-electron chi connectivity index (χ0n) is 15.4. The Balaban J connectivity index is 1.41. The minimum atomic E-state index is -0.659. The van der Waals surface area contributed by atoms with Crippen LogP contribution in [0, 0.1) is 13.8 Å². The smallest absolute Gasteiger partial charge is 0.340 e. The van der Waals surface area contributed by atoms with Gasteiger partial charge in [-0.25, -0.2) is 9.59 Å². The van der Waals surface area contributed by atoms with Crippen LogP contribution in [-0.4, -0.2) is 35.6 Å². The van der Waals surface area contributed by atoms with Crippen molar-refractivity contribution in [1.29, 1.82) is 0 Å². The largest absolute Gasteiger partial charge is 0.452 e. The molecular weight excluding hydrogens is 366 g/mol. The molecule has 8 heteroatoms. The topological polar surface area (TPSA) is 89.4 Å². The third-order valence-electron chi connectivity index (χ3n) is 4.44. The molecule has 2 N–H and O–H groups in total. The van der Waals surface area contributed by atoms with Gasteiger partial charge in [-0.2, -0.15) is 0 Å². The average molecular weight is 389 g/mol. The number of nitrogens with one attached hydrogen (secondary N) is 2. The molecule has 2 heterocycles. The number of carbonyl (C=O) groups is 3. The molecular formula is C19H23N3O4S. The highest BCUT2D eigenvalue weighted by Gasteiger charge is 2.28. The van der Waals surface area contributed by atoms with Gasteiger partial charge in [-0.05, 0) is 50.6 Å². The standard InChI is InChI=1S/C19H23N3O4S/c1-12-10-16(13(2)22(12)14-5-6-14)18(24)26-11-17(23)21-19(25)20-8-7-15-4-3-9-27-15/h3-4,9-10,14H,5-8,11H2,1-2H3,(H2,20,21,23,25). The Morgan fingerprint density at radius 3 is 2.74 bits per heavy atom. The molecule has 0 spiro atoms. The average Bonchev–Trinajstić information content (AvgIpc) is 3.22. The molecule has 0 saturated heterocycles. The second-order valence-electron chi connectivity index (χ2n) is 6.60. The predicted molar refractivity (Wildman–Crippen MR) is 102 cm³/mol. The fourth-order valence-electron chi connectivity index (χ4n) is 3.05. The fourth-order valence-corrected chi connectivity index (χ4v) is 3.76. The minimum absolute atomic E-state index is 0.423. The molecule has 0 aromatic carbocycles. The molecule has 0 atom stereocenters. The first-order valence-electron chi connectivity index (χ1n) is 8.91. The number of nitrogens with zero attached hydrogens (tertiary/aromatic N) is 1. The third kappa shape index (κ3) is 4.97. The van der Waals surface area contributed by atoms with Gasteiger partial charge in [0.25, 0.3) is 5.91 Å². The van der Waals surface area contributed by atoms with Crippen LogP contribution in [0.4, 0.5) is 4.79 Å². The Bertz CT molecular complexity index is 838. The Morgan fingerprint density at radius 1 is 1.30 bits per heavy atom. The molecule has 1 fully saturated rings. The zero-order valence-corrected chi connectivity index (χ0v) is 16.2. The van der Waals surface area contributed by atoms with E-state index in [4.69, 9.17) is 4.74 Å². The van der Waals surface area contributed by atoms with Crippen LogP contribution in [0.15, 0.2) is 23.6 Å². The summed E-state index contributed by atoms with van der Waals surface area (Å²) >= 11 is 1.61. The fraction of sp³-hybridized carbons (Fsp3) is 0.421. The Morgan fingerprint density at radius 2 is 2.07 bits per heavy atom. The van der Waals surface area contributed by atoms with Gasteiger partial charge >= 0.3 is 12.0 Å². The summed E-state index contributed by atoms with van der Waals surface area (Å²) in [6.07, 6.45) is 2.94. The maximum atomic E-state index is 12.3. The SMILES string of the molecule is Cc1cc(C(=O)OCC(=O)NC(=O)NCCc2cccs2)c(C)n1C1CC1. The molecule has 3 amide bonds. The van der Waals surface area contributed by atoms with E-state index in [-0.39, 0.29) is 0 Å². The number of carbonyl (C=O) groups excluding carboxylic acids is 3. The number of imide groups is 1. The van der Waals surface area contributed by atoms with Crippen molar-refractivity contribution in [1.82, 2.24) is 15.2 Å². The molecule has 1 aliphatic carbocycles. The van der Waals surface area contributed by atoms with E-state index in [2.05, 4.69) is 15.2 Å². The molecule has 1 saturated carbocycles. The molecule has 144 valence electrons. The van der Waals surface area contributed by atoms with Gasteiger partial charge in [-0.1, -0.05) is 6.07 Å². The Labute approximate surface area is 161 Å². The van der Waals surface area contributed by atoms with E-state index in [1.165, 1.54) is 0 Å².